The largest absolute Gasteiger partial charge is 0.377 e. The maximum Gasteiger partial charge on any atom is 0.155 e. The van der Waals surface area contributed by atoms with E-state index in [1.807, 2.05) is 10.6 Å². The van der Waals surface area contributed by atoms with Gasteiger partial charge in [0.15, 0.2) is 5.65 Å². The van der Waals surface area contributed by atoms with Crippen molar-refractivity contribution in [3.63, 3.8) is 0 Å². The Morgan fingerprint density at radius 1 is 1.30 bits per heavy atom. The van der Waals surface area contributed by atoms with Crippen LogP contribution in [0.2, 0.25) is 5.02 Å². The highest BCUT2D eigenvalue weighted by atomic mass is 79.9. The van der Waals surface area contributed by atoms with Gasteiger partial charge in [0.1, 0.15) is 10.4 Å². The third-order valence-corrected chi connectivity index (χ3v) is 3.48. The normalized spacial score (nSPS) is 10.9. The molecule has 0 saturated heterocycles. The molecule has 0 saturated carbocycles. The Morgan fingerprint density at radius 3 is 2.95 bits per heavy atom. The monoisotopic (exact) mass is 354 g/mol. The van der Waals surface area contributed by atoms with Crippen LogP contribution in [0.3, 0.4) is 0 Å². The molecule has 0 atom stereocenters. The lowest BCUT2D eigenvalue weighted by molar-refractivity contribution is 0.630. The van der Waals surface area contributed by atoms with Crippen LogP contribution in [-0.2, 0) is 6.54 Å². The highest BCUT2D eigenvalue weighted by Crippen LogP contribution is 2.20. The van der Waals surface area contributed by atoms with Gasteiger partial charge in [-0.1, -0.05) is 11.6 Å². The minimum absolute atomic E-state index is 0.373. The Labute approximate surface area is 127 Å². The standard InChI is InChI=1S/C13H9BrClFN4/c14-12-7-20-9(5-19-13(20)6-18-12)4-17-11-2-1-8(15)3-10(11)16/h1-3,5-7,17H,4H2. The molecule has 3 rings (SSSR count). The van der Waals surface area contributed by atoms with Crippen molar-refractivity contribution in [3.05, 3.63) is 57.9 Å². The number of rotatable bonds is 3. The average molecular weight is 356 g/mol. The van der Waals surface area contributed by atoms with Crippen LogP contribution >= 0.6 is 27.5 Å². The summed E-state index contributed by atoms with van der Waals surface area (Å²) in [7, 11) is 0. The van der Waals surface area contributed by atoms with Gasteiger partial charge in [-0.05, 0) is 34.1 Å². The Kier molecular flexibility index (Phi) is 3.58. The summed E-state index contributed by atoms with van der Waals surface area (Å²) in [5.74, 6) is -0.380. The summed E-state index contributed by atoms with van der Waals surface area (Å²) < 4.78 is 16.3. The topological polar surface area (TPSA) is 42.2 Å². The first-order valence-corrected chi connectivity index (χ1v) is 6.97. The van der Waals surface area contributed by atoms with Crippen LogP contribution in [0.1, 0.15) is 5.69 Å². The van der Waals surface area contributed by atoms with Crippen molar-refractivity contribution in [1.82, 2.24) is 14.4 Å². The number of hydrogen-bond acceptors (Lipinski definition) is 3. The van der Waals surface area contributed by atoms with Gasteiger partial charge in [0.2, 0.25) is 0 Å². The smallest absolute Gasteiger partial charge is 0.155 e. The molecule has 0 unspecified atom stereocenters. The molecular weight excluding hydrogens is 347 g/mol. The van der Waals surface area contributed by atoms with Crippen molar-refractivity contribution < 1.29 is 4.39 Å². The van der Waals surface area contributed by atoms with E-state index in [2.05, 4.69) is 31.2 Å². The molecule has 3 aromatic rings. The number of hydrogen-bond donors (Lipinski definition) is 1. The molecule has 0 aliphatic heterocycles. The second-order valence-electron chi connectivity index (χ2n) is 4.17. The summed E-state index contributed by atoms with van der Waals surface area (Å²) in [4.78, 5) is 8.33. The predicted molar refractivity (Wildman–Crippen MR) is 79.4 cm³/mol. The average Bonchev–Trinajstić information content (AvgIpc) is 2.80. The van der Waals surface area contributed by atoms with E-state index in [9.17, 15) is 4.39 Å². The number of aromatic nitrogens is 3. The molecule has 7 heteroatoms. The van der Waals surface area contributed by atoms with E-state index < -0.39 is 0 Å². The summed E-state index contributed by atoms with van der Waals surface area (Å²) in [6, 6.07) is 4.53. The summed E-state index contributed by atoms with van der Waals surface area (Å²) in [5.41, 5.74) is 2.04. The van der Waals surface area contributed by atoms with Crippen LogP contribution in [-0.4, -0.2) is 14.4 Å². The first kappa shape index (κ1) is 13.3. The fourth-order valence-corrected chi connectivity index (χ4v) is 2.33. The zero-order chi connectivity index (χ0) is 14.1. The lowest BCUT2D eigenvalue weighted by Crippen LogP contribution is -2.04. The molecular formula is C13H9BrClFN4. The molecule has 0 amide bonds. The second kappa shape index (κ2) is 5.38. The molecule has 0 fully saturated rings. The van der Waals surface area contributed by atoms with E-state index in [0.717, 1.165) is 11.3 Å². The second-order valence-corrected chi connectivity index (χ2v) is 5.41. The van der Waals surface area contributed by atoms with Crippen LogP contribution in [0.5, 0.6) is 0 Å². The first-order valence-electron chi connectivity index (χ1n) is 5.80. The third-order valence-electron chi connectivity index (χ3n) is 2.83. The van der Waals surface area contributed by atoms with Crippen LogP contribution in [0, 0.1) is 5.82 Å². The third kappa shape index (κ3) is 2.62. The minimum atomic E-state index is -0.380. The molecule has 1 aromatic carbocycles. The van der Waals surface area contributed by atoms with Gasteiger partial charge in [0, 0.05) is 11.2 Å². The maximum atomic E-state index is 13.7. The van der Waals surface area contributed by atoms with Crippen LogP contribution < -0.4 is 5.32 Å². The summed E-state index contributed by atoms with van der Waals surface area (Å²) in [6.45, 7) is 0.441. The van der Waals surface area contributed by atoms with Gasteiger partial charge in [-0.2, -0.15) is 0 Å². The SMILES string of the molecule is Fc1cc(Cl)ccc1NCc1cnc2cnc(Br)cn12. The Morgan fingerprint density at radius 2 is 2.15 bits per heavy atom. The van der Waals surface area contributed by atoms with E-state index in [-0.39, 0.29) is 5.82 Å². The summed E-state index contributed by atoms with van der Waals surface area (Å²) in [6.07, 6.45) is 5.21. The fraction of sp³-hybridized carbons (Fsp3) is 0.0769. The van der Waals surface area contributed by atoms with Gasteiger partial charge < -0.3 is 5.32 Å². The molecule has 0 bridgehead atoms. The highest BCUT2D eigenvalue weighted by molar-refractivity contribution is 9.10. The van der Waals surface area contributed by atoms with E-state index in [4.69, 9.17) is 11.6 Å². The molecule has 2 heterocycles. The van der Waals surface area contributed by atoms with E-state index >= 15 is 0 Å². The van der Waals surface area contributed by atoms with Gasteiger partial charge >= 0.3 is 0 Å². The van der Waals surface area contributed by atoms with Crippen molar-refractivity contribution in [2.45, 2.75) is 6.54 Å². The van der Waals surface area contributed by atoms with Gasteiger partial charge in [-0.15, -0.1) is 0 Å². The summed E-state index contributed by atoms with van der Waals surface area (Å²) in [5, 5.41) is 3.40. The molecule has 0 aliphatic carbocycles. The van der Waals surface area contributed by atoms with Crippen molar-refractivity contribution in [2.75, 3.05) is 5.32 Å². The Balaban J connectivity index is 1.85. The first-order chi connectivity index (χ1) is 9.63. The fourth-order valence-electron chi connectivity index (χ4n) is 1.87. The van der Waals surface area contributed by atoms with Crippen LogP contribution in [0.4, 0.5) is 10.1 Å². The van der Waals surface area contributed by atoms with Gasteiger partial charge in [-0.25, -0.2) is 14.4 Å². The Bertz CT molecular complexity index is 774. The molecule has 0 aliphatic rings. The molecule has 0 spiro atoms. The zero-order valence-electron chi connectivity index (χ0n) is 10.1. The highest BCUT2D eigenvalue weighted by Gasteiger charge is 2.06. The van der Waals surface area contributed by atoms with Gasteiger partial charge in [0.25, 0.3) is 0 Å². The zero-order valence-corrected chi connectivity index (χ0v) is 12.5. The quantitative estimate of drug-likeness (QED) is 0.775. The van der Waals surface area contributed by atoms with Crippen LogP contribution in [0.25, 0.3) is 5.65 Å². The molecule has 1 N–H and O–H groups in total. The molecule has 102 valence electrons. The number of halogens is 3. The lowest BCUT2D eigenvalue weighted by atomic mass is 10.3. The van der Waals surface area contributed by atoms with E-state index in [1.54, 1.807) is 24.5 Å². The number of fused-ring (bicyclic) bond motifs is 1. The number of anilines is 1. The lowest BCUT2D eigenvalue weighted by Gasteiger charge is -2.07. The van der Waals surface area contributed by atoms with Crippen molar-refractivity contribution in [2.24, 2.45) is 0 Å². The Hall–Kier alpha value is -1.66. The van der Waals surface area contributed by atoms with E-state index in [1.165, 1.54) is 6.07 Å². The minimum Gasteiger partial charge on any atom is -0.377 e. The number of nitrogens with zero attached hydrogens (tertiary/aromatic N) is 3. The van der Waals surface area contributed by atoms with Crippen molar-refractivity contribution in [3.8, 4) is 0 Å². The number of imidazole rings is 1. The van der Waals surface area contributed by atoms with Crippen molar-refractivity contribution >= 4 is 38.9 Å². The summed E-state index contributed by atoms with van der Waals surface area (Å²) >= 11 is 9.03. The molecule has 0 radical (unpaired) electrons. The van der Waals surface area contributed by atoms with Gasteiger partial charge in [-0.3, -0.25) is 4.40 Å². The molecule has 2 aromatic heterocycles. The number of nitrogens with one attached hydrogen (secondary N) is 1. The maximum absolute atomic E-state index is 13.7. The molecule has 4 nitrogen and oxygen atoms in total. The predicted octanol–water partition coefficient (Wildman–Crippen LogP) is 3.90. The van der Waals surface area contributed by atoms with Crippen LogP contribution in [0.15, 0.2) is 41.4 Å². The van der Waals surface area contributed by atoms with Crippen molar-refractivity contribution in [1.29, 1.82) is 0 Å². The van der Waals surface area contributed by atoms with Gasteiger partial charge in [0.05, 0.1) is 30.3 Å². The molecule has 20 heavy (non-hydrogen) atoms. The number of benzene rings is 1. The van der Waals surface area contributed by atoms with E-state index in [0.29, 0.717) is 21.9 Å².